The highest BCUT2D eigenvalue weighted by atomic mass is 79.9. The van der Waals surface area contributed by atoms with E-state index in [1.54, 1.807) is 24.3 Å². The van der Waals surface area contributed by atoms with Crippen LogP contribution in [0.3, 0.4) is 0 Å². The lowest BCUT2D eigenvalue weighted by Gasteiger charge is -2.28. The molecule has 1 unspecified atom stereocenters. The number of hydrogen-bond donors (Lipinski definition) is 0. The first-order valence-electron chi connectivity index (χ1n) is 5.56. The number of benzene rings is 1. The minimum absolute atomic E-state index is 0.0105. The van der Waals surface area contributed by atoms with Gasteiger partial charge in [0.2, 0.25) is 0 Å². The molecule has 0 saturated heterocycles. The minimum Gasteiger partial charge on any atom is -0.298 e. The van der Waals surface area contributed by atoms with E-state index in [0.717, 1.165) is 12.8 Å². The molecule has 1 aromatic rings. The Labute approximate surface area is 113 Å². The van der Waals surface area contributed by atoms with Crippen LogP contribution < -0.4 is 0 Å². The van der Waals surface area contributed by atoms with Crippen molar-refractivity contribution in [1.29, 1.82) is 0 Å². The van der Waals surface area contributed by atoms with E-state index < -0.39 is 4.32 Å². The summed E-state index contributed by atoms with van der Waals surface area (Å²) in [5, 5.41) is 0.583. The molecule has 1 aliphatic rings. The largest absolute Gasteiger partial charge is 0.298 e. The summed E-state index contributed by atoms with van der Waals surface area (Å²) in [5.41, 5.74) is 0.529. The lowest BCUT2D eigenvalue weighted by molar-refractivity contribution is -0.121. The van der Waals surface area contributed by atoms with E-state index in [2.05, 4.69) is 15.9 Å². The van der Waals surface area contributed by atoms with Gasteiger partial charge in [0.05, 0.1) is 0 Å². The number of halogens is 2. The second-order valence-corrected chi connectivity index (χ2v) is 6.06. The first-order valence-corrected chi connectivity index (χ1v) is 6.74. The van der Waals surface area contributed by atoms with Gasteiger partial charge < -0.3 is 0 Å². The molecule has 0 radical (unpaired) electrons. The summed E-state index contributed by atoms with van der Waals surface area (Å²) in [7, 11) is 0. The Morgan fingerprint density at radius 2 is 1.88 bits per heavy atom. The number of rotatable bonds is 2. The van der Waals surface area contributed by atoms with Crippen LogP contribution in [0, 0.1) is 0 Å². The summed E-state index contributed by atoms with van der Waals surface area (Å²) in [6, 6.07) is 6.65. The van der Waals surface area contributed by atoms with Crippen molar-refractivity contribution in [2.45, 2.75) is 30.0 Å². The maximum atomic E-state index is 12.3. The zero-order valence-corrected chi connectivity index (χ0v) is 11.6. The fraction of sp³-hybridized carbons (Fsp3) is 0.385. The quantitative estimate of drug-likeness (QED) is 0.472. The van der Waals surface area contributed by atoms with E-state index in [1.165, 1.54) is 0 Å². The highest BCUT2D eigenvalue weighted by Crippen LogP contribution is 2.36. The number of carbonyl (C=O) groups excluding carboxylic acids is 2. The molecule has 0 bridgehead atoms. The summed E-state index contributed by atoms with van der Waals surface area (Å²) in [6.45, 7) is 0. The Bertz CT molecular complexity index is 455. The summed E-state index contributed by atoms with van der Waals surface area (Å²) in [5.74, 6) is -0.164. The van der Waals surface area contributed by atoms with Gasteiger partial charge in [0.25, 0.3) is 0 Å². The van der Waals surface area contributed by atoms with Gasteiger partial charge in [-0.05, 0) is 37.1 Å². The summed E-state index contributed by atoms with van der Waals surface area (Å²) >= 11 is 9.13. The van der Waals surface area contributed by atoms with Gasteiger partial charge >= 0.3 is 0 Å². The van der Waals surface area contributed by atoms with Crippen molar-refractivity contribution in [2.75, 3.05) is 0 Å². The van der Waals surface area contributed by atoms with Crippen LogP contribution in [0.5, 0.6) is 0 Å². The van der Waals surface area contributed by atoms with Crippen molar-refractivity contribution < 1.29 is 9.59 Å². The van der Waals surface area contributed by atoms with Gasteiger partial charge in [-0.3, -0.25) is 9.59 Å². The van der Waals surface area contributed by atoms with Gasteiger partial charge in [-0.1, -0.05) is 34.0 Å². The molecule has 0 spiro atoms. The van der Waals surface area contributed by atoms with Crippen molar-refractivity contribution in [3.8, 4) is 0 Å². The van der Waals surface area contributed by atoms with Crippen molar-refractivity contribution >= 4 is 39.1 Å². The molecule has 17 heavy (non-hydrogen) atoms. The highest BCUT2D eigenvalue weighted by molar-refractivity contribution is 9.10. The number of Topliss-reactive ketones (excluding diaryl/α,β-unsaturated/α-hetero) is 2. The second kappa shape index (κ2) is 4.91. The van der Waals surface area contributed by atoms with Gasteiger partial charge in [-0.15, -0.1) is 0 Å². The van der Waals surface area contributed by atoms with E-state index in [1.807, 2.05) is 0 Å². The van der Waals surface area contributed by atoms with Crippen molar-refractivity contribution in [2.24, 2.45) is 0 Å². The van der Waals surface area contributed by atoms with E-state index in [-0.39, 0.29) is 11.6 Å². The predicted octanol–water partition coefficient (Wildman–Crippen LogP) is 3.80. The normalized spacial score (nSPS) is 24.7. The highest BCUT2D eigenvalue weighted by Gasteiger charge is 2.44. The number of hydrogen-bond acceptors (Lipinski definition) is 2. The molecule has 2 nitrogen and oxygen atoms in total. The first kappa shape index (κ1) is 12.8. The summed E-state index contributed by atoms with van der Waals surface area (Å²) in [4.78, 5) is 24.2. The van der Waals surface area contributed by atoms with Gasteiger partial charge in [0, 0.05) is 17.0 Å². The van der Waals surface area contributed by atoms with Crippen LogP contribution in [0.15, 0.2) is 24.3 Å². The van der Waals surface area contributed by atoms with E-state index in [9.17, 15) is 9.59 Å². The third-order valence-electron chi connectivity index (χ3n) is 3.08. The molecule has 0 amide bonds. The number of carbonyl (C=O) groups is 2. The molecular weight excluding hydrogens is 303 g/mol. The minimum atomic E-state index is -1.01. The van der Waals surface area contributed by atoms with Crippen LogP contribution in [0.1, 0.15) is 36.0 Å². The Morgan fingerprint density at radius 1 is 1.24 bits per heavy atom. The third kappa shape index (κ3) is 2.45. The fourth-order valence-electron chi connectivity index (χ4n) is 2.06. The Hall–Kier alpha value is -0.670. The average molecular weight is 316 g/mol. The molecule has 4 heteroatoms. The van der Waals surface area contributed by atoms with Crippen LogP contribution in [0.25, 0.3) is 0 Å². The van der Waals surface area contributed by atoms with Crippen molar-refractivity contribution in [1.82, 2.24) is 0 Å². The smallest absolute Gasteiger partial charge is 0.187 e. The molecule has 0 aliphatic heterocycles. The van der Waals surface area contributed by atoms with Gasteiger partial charge in [0.15, 0.2) is 11.6 Å². The van der Waals surface area contributed by atoms with Crippen molar-refractivity contribution in [3.05, 3.63) is 34.9 Å². The fourth-order valence-corrected chi connectivity index (χ4v) is 2.90. The monoisotopic (exact) mass is 314 g/mol. The van der Waals surface area contributed by atoms with Gasteiger partial charge in [0.1, 0.15) is 4.32 Å². The van der Waals surface area contributed by atoms with Crippen LogP contribution in [0.4, 0.5) is 0 Å². The molecule has 0 N–H and O–H groups in total. The van der Waals surface area contributed by atoms with Crippen LogP contribution in [0.2, 0.25) is 5.02 Å². The Morgan fingerprint density at radius 3 is 2.47 bits per heavy atom. The third-order valence-corrected chi connectivity index (χ3v) is 4.53. The van der Waals surface area contributed by atoms with Crippen LogP contribution in [-0.2, 0) is 4.79 Å². The van der Waals surface area contributed by atoms with Gasteiger partial charge in [-0.25, -0.2) is 0 Å². The molecule has 1 atom stereocenters. The molecule has 1 fully saturated rings. The zero-order valence-electron chi connectivity index (χ0n) is 9.21. The maximum absolute atomic E-state index is 12.3. The molecule has 90 valence electrons. The molecular formula is C13H12BrClO2. The van der Waals surface area contributed by atoms with Crippen LogP contribution in [-0.4, -0.2) is 15.9 Å². The van der Waals surface area contributed by atoms with E-state index >= 15 is 0 Å². The van der Waals surface area contributed by atoms with Gasteiger partial charge in [-0.2, -0.15) is 0 Å². The lowest BCUT2D eigenvalue weighted by Crippen LogP contribution is -2.42. The SMILES string of the molecule is O=C1CCCCC1(Br)C(=O)c1ccc(Cl)cc1. The van der Waals surface area contributed by atoms with E-state index in [0.29, 0.717) is 23.4 Å². The van der Waals surface area contributed by atoms with E-state index in [4.69, 9.17) is 11.6 Å². The molecule has 0 heterocycles. The topological polar surface area (TPSA) is 34.1 Å². The average Bonchev–Trinajstić information content (AvgIpc) is 2.33. The Kier molecular flexibility index (Phi) is 3.69. The molecule has 1 aromatic carbocycles. The zero-order chi connectivity index (χ0) is 12.5. The standard InChI is InChI=1S/C13H12BrClO2/c14-13(8-2-1-3-11(13)16)12(17)9-4-6-10(15)7-5-9/h4-7H,1-3,8H2. The molecule has 0 aromatic heterocycles. The molecule has 1 aliphatic carbocycles. The first-order chi connectivity index (χ1) is 8.04. The molecule has 2 rings (SSSR count). The lowest BCUT2D eigenvalue weighted by atomic mass is 9.82. The Balaban J connectivity index is 2.30. The number of alkyl halides is 1. The second-order valence-electron chi connectivity index (χ2n) is 4.27. The summed E-state index contributed by atoms with van der Waals surface area (Å²) < 4.78 is -1.01. The van der Waals surface area contributed by atoms with Crippen LogP contribution >= 0.6 is 27.5 Å². The number of ketones is 2. The summed E-state index contributed by atoms with van der Waals surface area (Å²) in [6.07, 6.45) is 2.83. The van der Waals surface area contributed by atoms with Crippen molar-refractivity contribution in [3.63, 3.8) is 0 Å². The maximum Gasteiger partial charge on any atom is 0.187 e. The predicted molar refractivity (Wildman–Crippen MR) is 70.9 cm³/mol. The molecule has 1 saturated carbocycles.